The van der Waals surface area contributed by atoms with Gasteiger partial charge in [0.25, 0.3) is 5.91 Å². The number of carbonyl (C=O) groups is 1. The van der Waals surface area contributed by atoms with Crippen molar-refractivity contribution in [3.8, 4) is 23.1 Å². The van der Waals surface area contributed by atoms with Crippen LogP contribution in [-0.2, 0) is 4.79 Å². The van der Waals surface area contributed by atoms with E-state index in [1.54, 1.807) is 29.2 Å². The average Bonchev–Trinajstić information content (AvgIpc) is 2.92. The van der Waals surface area contributed by atoms with Crippen molar-refractivity contribution in [2.45, 2.75) is 0 Å². The fraction of sp³-hybridized carbons (Fsp3) is 0.185. The maximum atomic E-state index is 12.6. The predicted molar refractivity (Wildman–Crippen MR) is 130 cm³/mol. The Morgan fingerprint density at radius 1 is 0.882 bits per heavy atom. The van der Waals surface area contributed by atoms with E-state index in [0.717, 1.165) is 17.1 Å². The monoisotopic (exact) mass is 449 g/mol. The van der Waals surface area contributed by atoms with Crippen LogP contribution in [0.5, 0.6) is 5.75 Å². The van der Waals surface area contributed by atoms with Crippen molar-refractivity contribution in [3.05, 3.63) is 84.4 Å². The Kier molecular flexibility index (Phi) is 6.04. The molecule has 1 saturated heterocycles. The first-order valence-corrected chi connectivity index (χ1v) is 11.2. The van der Waals surface area contributed by atoms with Gasteiger partial charge in [-0.05, 0) is 41.1 Å². The maximum absolute atomic E-state index is 12.6. The first kappa shape index (κ1) is 21.4. The number of aromatic nitrogens is 2. The fourth-order valence-electron chi connectivity index (χ4n) is 4.10. The molecule has 0 radical (unpaired) electrons. The number of nitriles is 1. The van der Waals surface area contributed by atoms with Crippen LogP contribution in [0.25, 0.3) is 22.0 Å². The number of fused-ring (bicyclic) bond motifs is 1. The second-order valence-corrected chi connectivity index (χ2v) is 8.10. The maximum Gasteiger partial charge on any atom is 0.260 e. The number of ether oxygens (including phenoxy) is 1. The van der Waals surface area contributed by atoms with E-state index in [-0.39, 0.29) is 12.5 Å². The Morgan fingerprint density at radius 3 is 2.41 bits per heavy atom. The molecule has 0 N–H and O–H groups in total. The predicted octanol–water partition coefficient (Wildman–Crippen LogP) is 3.90. The number of piperazine rings is 1. The van der Waals surface area contributed by atoms with Crippen molar-refractivity contribution >= 4 is 22.5 Å². The van der Waals surface area contributed by atoms with Gasteiger partial charge >= 0.3 is 0 Å². The zero-order chi connectivity index (χ0) is 23.3. The lowest BCUT2D eigenvalue weighted by molar-refractivity contribution is -0.133. The zero-order valence-corrected chi connectivity index (χ0v) is 18.6. The lowest BCUT2D eigenvalue weighted by Crippen LogP contribution is -2.50. The third-order valence-electron chi connectivity index (χ3n) is 6.01. The van der Waals surface area contributed by atoms with Crippen LogP contribution in [-0.4, -0.2) is 53.8 Å². The molecule has 0 atom stereocenters. The summed E-state index contributed by atoms with van der Waals surface area (Å²) in [4.78, 5) is 16.5. The summed E-state index contributed by atoms with van der Waals surface area (Å²) < 4.78 is 5.59. The van der Waals surface area contributed by atoms with E-state index in [1.165, 1.54) is 10.8 Å². The lowest BCUT2D eigenvalue weighted by Gasteiger charge is -2.35. The Labute approximate surface area is 197 Å². The van der Waals surface area contributed by atoms with Crippen molar-refractivity contribution < 1.29 is 9.53 Å². The SMILES string of the molecule is N#Cc1ccccc1OCC(=O)N1CCN(c2ccc(-c3ccc4ccccc4c3)nn2)CC1. The van der Waals surface area contributed by atoms with Gasteiger partial charge in [0.05, 0.1) is 11.3 Å². The van der Waals surface area contributed by atoms with Gasteiger partial charge in [-0.15, -0.1) is 10.2 Å². The van der Waals surface area contributed by atoms with E-state index >= 15 is 0 Å². The second-order valence-electron chi connectivity index (χ2n) is 8.10. The van der Waals surface area contributed by atoms with E-state index in [0.29, 0.717) is 37.5 Å². The molecule has 7 heteroatoms. The summed E-state index contributed by atoms with van der Waals surface area (Å²) in [6.07, 6.45) is 0. The van der Waals surface area contributed by atoms with Crippen LogP contribution in [0.1, 0.15) is 5.56 Å². The lowest BCUT2D eigenvalue weighted by atomic mass is 10.1. The Balaban J connectivity index is 1.17. The molecule has 0 saturated carbocycles. The Hall–Kier alpha value is -4.44. The third kappa shape index (κ3) is 4.52. The molecule has 1 amide bonds. The molecule has 0 unspecified atom stereocenters. The molecule has 34 heavy (non-hydrogen) atoms. The number of hydrogen-bond donors (Lipinski definition) is 0. The molecule has 7 nitrogen and oxygen atoms in total. The molecule has 1 aromatic heterocycles. The van der Waals surface area contributed by atoms with Crippen molar-refractivity contribution in [1.82, 2.24) is 15.1 Å². The van der Waals surface area contributed by atoms with Crippen LogP contribution in [0.4, 0.5) is 5.82 Å². The standard InChI is InChI=1S/C27H23N5O2/c28-18-23-7-3-4-8-25(23)34-19-27(33)32-15-13-31(14-16-32)26-12-11-24(29-30-26)22-10-9-20-5-1-2-6-21(20)17-22/h1-12,17H,13-16,19H2. The van der Waals surface area contributed by atoms with E-state index in [1.807, 2.05) is 24.3 Å². The number of rotatable bonds is 5. The summed E-state index contributed by atoms with van der Waals surface area (Å²) in [5.41, 5.74) is 2.29. The van der Waals surface area contributed by atoms with E-state index < -0.39 is 0 Å². The Bertz CT molecular complexity index is 1360. The highest BCUT2D eigenvalue weighted by molar-refractivity contribution is 5.86. The van der Waals surface area contributed by atoms with Crippen LogP contribution in [0.15, 0.2) is 78.9 Å². The first-order chi connectivity index (χ1) is 16.7. The topological polar surface area (TPSA) is 82.4 Å². The van der Waals surface area contributed by atoms with Crippen molar-refractivity contribution in [2.24, 2.45) is 0 Å². The van der Waals surface area contributed by atoms with Crippen LogP contribution < -0.4 is 9.64 Å². The molecular formula is C27H23N5O2. The fourth-order valence-corrected chi connectivity index (χ4v) is 4.10. The first-order valence-electron chi connectivity index (χ1n) is 11.2. The molecule has 3 aromatic carbocycles. The minimum absolute atomic E-state index is 0.0844. The van der Waals surface area contributed by atoms with Crippen LogP contribution in [0, 0.1) is 11.3 Å². The van der Waals surface area contributed by atoms with Gasteiger partial charge in [0.1, 0.15) is 11.8 Å². The molecule has 1 fully saturated rings. The molecule has 2 heterocycles. The molecule has 1 aliphatic rings. The summed E-state index contributed by atoms with van der Waals surface area (Å²) in [6.45, 7) is 2.42. The highest BCUT2D eigenvalue weighted by Gasteiger charge is 2.22. The van der Waals surface area contributed by atoms with Gasteiger partial charge in [0.15, 0.2) is 12.4 Å². The summed E-state index contributed by atoms with van der Waals surface area (Å²) in [5.74, 6) is 1.14. The molecule has 0 aliphatic carbocycles. The van der Waals surface area contributed by atoms with Crippen LogP contribution in [0.3, 0.4) is 0 Å². The molecule has 168 valence electrons. The van der Waals surface area contributed by atoms with Gasteiger partial charge in [-0.1, -0.05) is 48.5 Å². The number of amides is 1. The zero-order valence-electron chi connectivity index (χ0n) is 18.6. The number of hydrogen-bond acceptors (Lipinski definition) is 6. The molecule has 0 spiro atoms. The summed E-state index contributed by atoms with van der Waals surface area (Å²) in [7, 11) is 0. The molecular weight excluding hydrogens is 426 g/mol. The van der Waals surface area contributed by atoms with Crippen LogP contribution >= 0.6 is 0 Å². The van der Waals surface area contributed by atoms with Crippen molar-refractivity contribution in [1.29, 1.82) is 5.26 Å². The number of nitrogens with zero attached hydrogens (tertiary/aromatic N) is 5. The van der Waals surface area contributed by atoms with Crippen molar-refractivity contribution in [3.63, 3.8) is 0 Å². The minimum Gasteiger partial charge on any atom is -0.482 e. The number of benzene rings is 3. The van der Waals surface area contributed by atoms with Gasteiger partial charge in [0, 0.05) is 31.7 Å². The highest BCUT2D eigenvalue weighted by Crippen LogP contribution is 2.24. The third-order valence-corrected chi connectivity index (χ3v) is 6.01. The summed E-state index contributed by atoms with van der Waals surface area (Å²) in [5, 5.41) is 20.4. The average molecular weight is 450 g/mol. The quantitative estimate of drug-likeness (QED) is 0.460. The van der Waals surface area contributed by atoms with Gasteiger partial charge in [0.2, 0.25) is 0 Å². The van der Waals surface area contributed by atoms with E-state index in [4.69, 9.17) is 10.00 Å². The second kappa shape index (κ2) is 9.59. The number of anilines is 1. The van der Waals surface area contributed by atoms with Crippen molar-refractivity contribution in [2.75, 3.05) is 37.7 Å². The summed E-state index contributed by atoms with van der Waals surface area (Å²) >= 11 is 0. The van der Waals surface area contributed by atoms with E-state index in [2.05, 4.69) is 51.5 Å². The van der Waals surface area contributed by atoms with Gasteiger partial charge in [-0.2, -0.15) is 5.26 Å². The normalized spacial score (nSPS) is 13.5. The molecule has 1 aliphatic heterocycles. The summed E-state index contributed by atoms with van der Waals surface area (Å²) in [6, 6.07) is 27.5. The molecule has 0 bridgehead atoms. The molecule has 4 aromatic rings. The highest BCUT2D eigenvalue weighted by atomic mass is 16.5. The largest absolute Gasteiger partial charge is 0.482 e. The minimum atomic E-state index is -0.0925. The Morgan fingerprint density at radius 2 is 1.65 bits per heavy atom. The van der Waals surface area contributed by atoms with Crippen LogP contribution in [0.2, 0.25) is 0 Å². The smallest absolute Gasteiger partial charge is 0.260 e. The molecule has 5 rings (SSSR count). The van der Waals surface area contributed by atoms with E-state index in [9.17, 15) is 4.79 Å². The number of carbonyl (C=O) groups excluding carboxylic acids is 1. The van der Waals surface area contributed by atoms with Gasteiger partial charge in [-0.25, -0.2) is 0 Å². The van der Waals surface area contributed by atoms with Gasteiger partial charge in [-0.3, -0.25) is 4.79 Å². The van der Waals surface area contributed by atoms with Gasteiger partial charge < -0.3 is 14.5 Å². The number of para-hydroxylation sites is 1.